The second-order valence-electron chi connectivity index (χ2n) is 4.70. The lowest BCUT2D eigenvalue weighted by atomic mass is 9.99. The van der Waals surface area contributed by atoms with Crippen LogP contribution in [0.2, 0.25) is 0 Å². The summed E-state index contributed by atoms with van der Waals surface area (Å²) >= 11 is 0. The Morgan fingerprint density at radius 2 is 2.33 bits per heavy atom. The van der Waals surface area contributed by atoms with Gasteiger partial charge in [0.15, 0.2) is 0 Å². The van der Waals surface area contributed by atoms with Crippen molar-refractivity contribution < 1.29 is 0 Å². The third-order valence-electron chi connectivity index (χ3n) is 3.68. The monoisotopic (exact) mass is 202 g/mol. The van der Waals surface area contributed by atoms with E-state index in [4.69, 9.17) is 0 Å². The number of aryl methyl sites for hydroxylation is 1. The number of hydrogen-bond donors (Lipinski definition) is 1. The van der Waals surface area contributed by atoms with Crippen LogP contribution in [0.5, 0.6) is 0 Å². The lowest BCUT2D eigenvalue weighted by Gasteiger charge is -2.41. The maximum atomic E-state index is 3.49. The van der Waals surface area contributed by atoms with Crippen LogP contribution in [0.25, 0.3) is 0 Å². The molecule has 0 aliphatic carbocycles. The molecule has 3 rings (SSSR count). The summed E-state index contributed by atoms with van der Waals surface area (Å²) in [5.74, 6) is 0. The van der Waals surface area contributed by atoms with Crippen molar-refractivity contribution in [2.24, 2.45) is 0 Å². The van der Waals surface area contributed by atoms with E-state index in [0.717, 1.165) is 12.6 Å². The third-order valence-corrected chi connectivity index (χ3v) is 3.68. The van der Waals surface area contributed by atoms with Crippen LogP contribution in [0.15, 0.2) is 18.2 Å². The van der Waals surface area contributed by atoms with Crippen molar-refractivity contribution in [1.82, 2.24) is 0 Å². The predicted octanol–water partition coefficient (Wildman–Crippen LogP) is 2.64. The van der Waals surface area contributed by atoms with Crippen LogP contribution in [-0.4, -0.2) is 19.1 Å². The Morgan fingerprint density at radius 1 is 1.40 bits per heavy atom. The van der Waals surface area contributed by atoms with E-state index in [1.165, 1.54) is 42.7 Å². The molecule has 0 aromatic heterocycles. The number of hydrogen-bond acceptors (Lipinski definition) is 2. The first-order valence-corrected chi connectivity index (χ1v) is 5.98. The van der Waals surface area contributed by atoms with Gasteiger partial charge in [0.25, 0.3) is 0 Å². The van der Waals surface area contributed by atoms with Crippen molar-refractivity contribution in [1.29, 1.82) is 0 Å². The Morgan fingerprint density at radius 3 is 3.07 bits per heavy atom. The van der Waals surface area contributed by atoms with Crippen molar-refractivity contribution in [2.45, 2.75) is 32.2 Å². The molecule has 2 aliphatic heterocycles. The van der Waals surface area contributed by atoms with Crippen molar-refractivity contribution in [2.75, 3.05) is 23.3 Å². The molecule has 0 saturated carbocycles. The second-order valence-corrected chi connectivity index (χ2v) is 4.70. The summed E-state index contributed by atoms with van der Waals surface area (Å²) in [5, 5.41) is 3.49. The Kier molecular flexibility index (Phi) is 2.08. The van der Waals surface area contributed by atoms with Crippen LogP contribution < -0.4 is 10.2 Å². The molecule has 0 bridgehead atoms. The van der Waals surface area contributed by atoms with Gasteiger partial charge in [0.1, 0.15) is 0 Å². The third kappa shape index (κ3) is 1.48. The average Bonchev–Trinajstić information content (AvgIpc) is 2.27. The van der Waals surface area contributed by atoms with Crippen molar-refractivity contribution in [3.63, 3.8) is 0 Å². The molecule has 1 saturated heterocycles. The molecular formula is C13H18N2. The van der Waals surface area contributed by atoms with E-state index < -0.39 is 0 Å². The maximum absolute atomic E-state index is 3.49. The predicted molar refractivity (Wildman–Crippen MR) is 64.7 cm³/mol. The molecule has 0 amide bonds. The zero-order valence-corrected chi connectivity index (χ0v) is 9.29. The fourth-order valence-corrected chi connectivity index (χ4v) is 2.53. The molecule has 1 atom stereocenters. The lowest BCUT2D eigenvalue weighted by molar-refractivity contribution is 0.481. The molecule has 1 aromatic rings. The fourth-order valence-electron chi connectivity index (χ4n) is 2.53. The minimum atomic E-state index is 0.728. The van der Waals surface area contributed by atoms with Crippen LogP contribution in [0.3, 0.4) is 0 Å². The van der Waals surface area contributed by atoms with Gasteiger partial charge in [-0.05, 0) is 43.9 Å². The van der Waals surface area contributed by atoms with Crippen LogP contribution in [0.1, 0.15) is 25.3 Å². The summed E-state index contributed by atoms with van der Waals surface area (Å²) < 4.78 is 0. The summed E-state index contributed by atoms with van der Waals surface area (Å²) in [5.41, 5.74) is 4.23. The van der Waals surface area contributed by atoms with Gasteiger partial charge in [-0.1, -0.05) is 6.07 Å². The highest BCUT2D eigenvalue weighted by Crippen LogP contribution is 2.31. The van der Waals surface area contributed by atoms with E-state index in [0.29, 0.717) is 0 Å². The number of nitrogens with one attached hydrogen (secondary N) is 1. The topological polar surface area (TPSA) is 15.3 Å². The summed E-state index contributed by atoms with van der Waals surface area (Å²) in [6.07, 6.45) is 3.84. The largest absolute Gasteiger partial charge is 0.385 e. The first-order valence-electron chi connectivity index (χ1n) is 5.98. The number of anilines is 2. The molecule has 1 N–H and O–H groups in total. The number of nitrogens with zero attached hydrogens (tertiary/aromatic N) is 1. The molecule has 15 heavy (non-hydrogen) atoms. The van der Waals surface area contributed by atoms with Gasteiger partial charge in [-0.25, -0.2) is 0 Å². The van der Waals surface area contributed by atoms with E-state index in [9.17, 15) is 0 Å². The lowest BCUT2D eigenvalue weighted by Crippen LogP contribution is -2.45. The van der Waals surface area contributed by atoms with Gasteiger partial charge < -0.3 is 10.2 Å². The molecule has 1 aromatic carbocycles. The van der Waals surface area contributed by atoms with Gasteiger partial charge in [-0.15, -0.1) is 0 Å². The van der Waals surface area contributed by atoms with Gasteiger partial charge in [0, 0.05) is 30.5 Å². The van der Waals surface area contributed by atoms with Crippen LogP contribution in [0, 0.1) is 0 Å². The molecule has 2 heterocycles. The van der Waals surface area contributed by atoms with Gasteiger partial charge in [-0.2, -0.15) is 0 Å². The zero-order chi connectivity index (χ0) is 10.3. The Hall–Kier alpha value is -1.18. The van der Waals surface area contributed by atoms with Crippen molar-refractivity contribution in [3.8, 4) is 0 Å². The summed E-state index contributed by atoms with van der Waals surface area (Å²) in [4.78, 5) is 2.48. The summed E-state index contributed by atoms with van der Waals surface area (Å²) in [7, 11) is 0. The van der Waals surface area contributed by atoms with Crippen LogP contribution >= 0.6 is 0 Å². The normalized spacial score (nSPS) is 24.1. The number of benzene rings is 1. The molecular weight excluding hydrogens is 184 g/mol. The highest BCUT2D eigenvalue weighted by atomic mass is 15.2. The quantitative estimate of drug-likeness (QED) is 0.753. The standard InChI is InChI=1S/C13H18N2/c1-10-6-8-15(10)12-5-4-11-3-2-7-14-13(11)9-12/h4-5,9-10,14H,2-3,6-8H2,1H3. The molecule has 1 fully saturated rings. The minimum Gasteiger partial charge on any atom is -0.385 e. The number of rotatable bonds is 1. The van der Waals surface area contributed by atoms with E-state index in [-0.39, 0.29) is 0 Å². The average molecular weight is 202 g/mol. The van der Waals surface area contributed by atoms with Gasteiger partial charge in [-0.3, -0.25) is 0 Å². The molecule has 2 nitrogen and oxygen atoms in total. The molecule has 2 heteroatoms. The van der Waals surface area contributed by atoms with Gasteiger partial charge in [0.2, 0.25) is 0 Å². The van der Waals surface area contributed by atoms with Gasteiger partial charge >= 0.3 is 0 Å². The minimum absolute atomic E-state index is 0.728. The fraction of sp³-hybridized carbons (Fsp3) is 0.538. The SMILES string of the molecule is CC1CCN1c1ccc2c(c1)NCCC2. The van der Waals surface area contributed by atoms with E-state index in [1.807, 2.05) is 0 Å². The number of fused-ring (bicyclic) bond motifs is 1. The molecule has 80 valence electrons. The molecule has 1 unspecified atom stereocenters. The summed E-state index contributed by atoms with van der Waals surface area (Å²) in [6, 6.07) is 7.62. The van der Waals surface area contributed by atoms with E-state index in [1.54, 1.807) is 0 Å². The van der Waals surface area contributed by atoms with Crippen molar-refractivity contribution >= 4 is 11.4 Å². The second kappa shape index (κ2) is 3.44. The maximum Gasteiger partial charge on any atom is 0.0393 e. The van der Waals surface area contributed by atoms with E-state index >= 15 is 0 Å². The van der Waals surface area contributed by atoms with Crippen LogP contribution in [0.4, 0.5) is 11.4 Å². The van der Waals surface area contributed by atoms with E-state index in [2.05, 4.69) is 35.3 Å². The Bertz CT molecular complexity index is 373. The van der Waals surface area contributed by atoms with Crippen molar-refractivity contribution in [3.05, 3.63) is 23.8 Å². The Balaban J connectivity index is 1.90. The summed E-state index contributed by atoms with van der Waals surface area (Å²) in [6.45, 7) is 4.66. The molecule has 0 radical (unpaired) electrons. The first-order chi connectivity index (χ1) is 7.34. The van der Waals surface area contributed by atoms with Crippen LogP contribution in [-0.2, 0) is 6.42 Å². The smallest absolute Gasteiger partial charge is 0.0393 e. The highest BCUT2D eigenvalue weighted by Gasteiger charge is 2.24. The van der Waals surface area contributed by atoms with Gasteiger partial charge in [0.05, 0.1) is 0 Å². The molecule has 2 aliphatic rings. The molecule has 0 spiro atoms. The Labute approximate surface area is 91.3 Å². The first kappa shape index (κ1) is 9.08. The zero-order valence-electron chi connectivity index (χ0n) is 9.29. The highest BCUT2D eigenvalue weighted by molar-refractivity contribution is 5.64.